The average molecular weight is 374 g/mol. The van der Waals surface area contributed by atoms with Crippen molar-refractivity contribution >= 4 is 10.0 Å². The molecule has 0 saturated heterocycles. The van der Waals surface area contributed by atoms with Crippen LogP contribution < -0.4 is 4.72 Å². The molecule has 0 saturated carbocycles. The van der Waals surface area contributed by atoms with Crippen molar-refractivity contribution in [1.82, 2.24) is 9.88 Å². The molecule has 2 aromatic rings. The lowest BCUT2D eigenvalue weighted by Crippen LogP contribution is -2.30. The normalized spacial score (nSPS) is 16.2. The van der Waals surface area contributed by atoms with Gasteiger partial charge in [0.1, 0.15) is 5.76 Å². The van der Waals surface area contributed by atoms with Crippen LogP contribution in [0.15, 0.2) is 50.0 Å². The van der Waals surface area contributed by atoms with E-state index < -0.39 is 21.9 Å². The van der Waals surface area contributed by atoms with Crippen LogP contribution in [-0.2, 0) is 22.1 Å². The molecule has 7 nitrogen and oxygen atoms in total. The predicted molar refractivity (Wildman–Crippen MR) is 79.2 cm³/mol. The van der Waals surface area contributed by atoms with E-state index in [4.69, 9.17) is 4.52 Å². The van der Waals surface area contributed by atoms with Crippen LogP contribution in [0.3, 0.4) is 0 Å². The van der Waals surface area contributed by atoms with Gasteiger partial charge in [0.2, 0.25) is 10.0 Å². The highest BCUT2D eigenvalue weighted by Crippen LogP contribution is 2.52. The Labute approximate surface area is 141 Å². The molecule has 0 spiro atoms. The molecule has 0 atom stereocenters. The molecule has 0 aliphatic carbocycles. The van der Waals surface area contributed by atoms with Crippen LogP contribution in [0.1, 0.15) is 17.0 Å². The highest BCUT2D eigenvalue weighted by atomic mass is 32.2. The number of nitrogens with one attached hydrogen (secondary N) is 1. The Morgan fingerprint density at radius 3 is 2.32 bits per heavy atom. The second-order valence-electron chi connectivity index (χ2n) is 5.47. The fourth-order valence-electron chi connectivity index (χ4n) is 2.24. The van der Waals surface area contributed by atoms with Gasteiger partial charge in [-0.1, -0.05) is 17.3 Å². The summed E-state index contributed by atoms with van der Waals surface area (Å²) < 4.78 is 70.3. The average Bonchev–Trinajstić information content (AvgIpc) is 3.26. The molecule has 1 aliphatic rings. The molecule has 25 heavy (non-hydrogen) atoms. The summed E-state index contributed by atoms with van der Waals surface area (Å²) in [5.74, 6) is 0.614. The van der Waals surface area contributed by atoms with Crippen LogP contribution in [-0.4, -0.2) is 26.3 Å². The number of benzene rings is 1. The molecule has 1 aliphatic heterocycles. The summed E-state index contributed by atoms with van der Waals surface area (Å²) in [6, 6.07) is 5.98. The van der Waals surface area contributed by atoms with Crippen molar-refractivity contribution in [3.8, 4) is 0 Å². The van der Waals surface area contributed by atoms with E-state index in [9.17, 15) is 21.6 Å². The number of rotatable bonds is 6. The van der Waals surface area contributed by atoms with Crippen LogP contribution in [0.25, 0.3) is 0 Å². The SMILES string of the molecule is Cc1cc(CCNS(=O)(=O)c2ccc(C3(C(F)(F)F)N=N3)cc2)no1. The monoisotopic (exact) mass is 374 g/mol. The summed E-state index contributed by atoms with van der Waals surface area (Å²) in [5, 5.41) is 9.88. The first-order valence-electron chi connectivity index (χ1n) is 7.17. The molecule has 1 aromatic carbocycles. The predicted octanol–water partition coefficient (Wildman–Crippen LogP) is 2.68. The Balaban J connectivity index is 1.67. The van der Waals surface area contributed by atoms with Crippen LogP contribution in [0.5, 0.6) is 0 Å². The number of aryl methyl sites for hydroxylation is 1. The zero-order valence-electron chi connectivity index (χ0n) is 12.9. The van der Waals surface area contributed by atoms with E-state index >= 15 is 0 Å². The summed E-state index contributed by atoms with van der Waals surface area (Å²) in [6.45, 7) is 1.79. The number of aromatic nitrogens is 1. The van der Waals surface area contributed by atoms with Gasteiger partial charge in [-0.3, -0.25) is 0 Å². The Morgan fingerprint density at radius 2 is 1.84 bits per heavy atom. The van der Waals surface area contributed by atoms with Crippen molar-refractivity contribution in [2.45, 2.75) is 30.1 Å². The van der Waals surface area contributed by atoms with Crippen molar-refractivity contribution in [2.75, 3.05) is 6.54 Å². The fourth-order valence-corrected chi connectivity index (χ4v) is 3.27. The van der Waals surface area contributed by atoms with Gasteiger partial charge >= 0.3 is 11.8 Å². The molecule has 0 unspecified atom stereocenters. The first-order chi connectivity index (χ1) is 11.6. The molecule has 0 radical (unpaired) electrons. The molecule has 0 bridgehead atoms. The maximum absolute atomic E-state index is 12.9. The van der Waals surface area contributed by atoms with Crippen molar-refractivity contribution in [2.24, 2.45) is 10.2 Å². The first-order valence-corrected chi connectivity index (χ1v) is 8.66. The second-order valence-corrected chi connectivity index (χ2v) is 7.24. The van der Waals surface area contributed by atoms with E-state index in [1.54, 1.807) is 13.0 Å². The number of hydrogen-bond donors (Lipinski definition) is 1. The van der Waals surface area contributed by atoms with Crippen molar-refractivity contribution in [3.05, 3.63) is 47.3 Å². The molecule has 134 valence electrons. The lowest BCUT2D eigenvalue weighted by atomic mass is 10.0. The zero-order chi connectivity index (χ0) is 18.3. The molecule has 1 aromatic heterocycles. The van der Waals surface area contributed by atoms with E-state index in [0.29, 0.717) is 17.9 Å². The van der Waals surface area contributed by atoms with Crippen molar-refractivity contribution in [1.29, 1.82) is 0 Å². The van der Waals surface area contributed by atoms with Crippen molar-refractivity contribution in [3.63, 3.8) is 0 Å². The van der Waals surface area contributed by atoms with Gasteiger partial charge in [-0.25, -0.2) is 13.1 Å². The third-order valence-electron chi connectivity index (χ3n) is 3.61. The number of sulfonamides is 1. The minimum absolute atomic E-state index is 0.0766. The highest BCUT2D eigenvalue weighted by Gasteiger charge is 2.65. The van der Waals surface area contributed by atoms with Crippen LogP contribution in [0.2, 0.25) is 0 Å². The lowest BCUT2D eigenvalue weighted by molar-refractivity contribution is -0.166. The molecular formula is C14H13F3N4O3S. The lowest BCUT2D eigenvalue weighted by Gasteiger charge is -2.15. The van der Waals surface area contributed by atoms with E-state index in [-0.39, 0.29) is 17.0 Å². The van der Waals surface area contributed by atoms with E-state index in [2.05, 4.69) is 20.1 Å². The second kappa shape index (κ2) is 5.92. The zero-order valence-corrected chi connectivity index (χ0v) is 13.7. The summed E-state index contributed by atoms with van der Waals surface area (Å²) in [5.41, 5.74) is -2.19. The third kappa shape index (κ3) is 3.42. The molecule has 3 rings (SSSR count). The Hall–Kier alpha value is -2.27. The molecule has 0 amide bonds. The molecule has 11 heteroatoms. The summed E-state index contributed by atoms with van der Waals surface area (Å²) in [7, 11) is -3.85. The molecule has 2 heterocycles. The molecule has 0 fully saturated rings. The highest BCUT2D eigenvalue weighted by molar-refractivity contribution is 7.89. The number of nitrogens with zero attached hydrogens (tertiary/aromatic N) is 3. The van der Waals surface area contributed by atoms with Crippen LogP contribution in [0.4, 0.5) is 13.2 Å². The maximum Gasteiger partial charge on any atom is 0.442 e. The van der Waals surface area contributed by atoms with E-state index in [0.717, 1.165) is 24.3 Å². The van der Waals surface area contributed by atoms with E-state index in [1.165, 1.54) is 0 Å². The largest absolute Gasteiger partial charge is 0.442 e. The topological polar surface area (TPSA) is 96.9 Å². The minimum Gasteiger partial charge on any atom is -0.361 e. The standard InChI is InChI=1S/C14H13F3N4O3S/c1-9-8-11(19-24-9)6-7-18-25(22,23)12-4-2-10(3-5-12)13(20-21-13)14(15,16)17/h2-5,8,18H,6-7H2,1H3. The number of alkyl halides is 3. The Kier molecular flexibility index (Phi) is 4.15. The van der Waals surface area contributed by atoms with Gasteiger partial charge in [0.05, 0.1) is 10.6 Å². The van der Waals surface area contributed by atoms with Gasteiger partial charge < -0.3 is 4.52 Å². The third-order valence-corrected chi connectivity index (χ3v) is 5.09. The van der Waals surface area contributed by atoms with Crippen LogP contribution in [0, 0.1) is 6.92 Å². The smallest absolute Gasteiger partial charge is 0.361 e. The van der Waals surface area contributed by atoms with Gasteiger partial charge in [0, 0.05) is 24.6 Å². The Bertz CT molecular complexity index is 898. The summed E-state index contributed by atoms with van der Waals surface area (Å²) in [6.07, 6.45) is -4.33. The van der Waals surface area contributed by atoms with E-state index in [1.807, 2.05) is 0 Å². The summed E-state index contributed by atoms with van der Waals surface area (Å²) in [4.78, 5) is -0.148. The maximum atomic E-state index is 12.9. The number of halogens is 3. The molecular weight excluding hydrogens is 361 g/mol. The van der Waals surface area contributed by atoms with Crippen molar-refractivity contribution < 1.29 is 26.1 Å². The molecule has 1 N–H and O–H groups in total. The Morgan fingerprint density at radius 1 is 1.20 bits per heavy atom. The summed E-state index contributed by atoms with van der Waals surface area (Å²) >= 11 is 0. The van der Waals surface area contributed by atoms with Gasteiger partial charge in [0.25, 0.3) is 0 Å². The van der Waals surface area contributed by atoms with Gasteiger partial charge in [-0.15, -0.1) is 10.2 Å². The fraction of sp³-hybridized carbons (Fsp3) is 0.357. The van der Waals surface area contributed by atoms with Gasteiger partial charge in [0.15, 0.2) is 0 Å². The minimum atomic E-state index is -4.65. The van der Waals surface area contributed by atoms with Gasteiger partial charge in [-0.2, -0.15) is 13.2 Å². The quantitative estimate of drug-likeness (QED) is 0.841. The van der Waals surface area contributed by atoms with Gasteiger partial charge in [-0.05, 0) is 19.1 Å². The number of hydrogen-bond acceptors (Lipinski definition) is 6. The van der Waals surface area contributed by atoms with Crippen LogP contribution >= 0.6 is 0 Å². The first kappa shape index (κ1) is 17.5.